The minimum Gasteiger partial charge on any atom is -0.308 e. The molecule has 0 saturated carbocycles. The Kier molecular flexibility index (Phi) is 4.86. The molecule has 2 aromatic carbocycles. The van der Waals surface area contributed by atoms with E-state index in [0.717, 1.165) is 28.1 Å². The molecule has 0 radical (unpaired) electrons. The van der Waals surface area contributed by atoms with Crippen LogP contribution in [0.5, 0.6) is 0 Å². The third-order valence-electron chi connectivity index (χ3n) is 4.98. The van der Waals surface area contributed by atoms with Gasteiger partial charge in [0.25, 0.3) is 5.91 Å². The summed E-state index contributed by atoms with van der Waals surface area (Å²) in [5.41, 5.74) is 4.99. The van der Waals surface area contributed by atoms with Crippen LogP contribution in [-0.2, 0) is 16.0 Å². The zero-order valence-electron chi connectivity index (χ0n) is 16.1. The molecule has 0 fully saturated rings. The molecule has 4 nitrogen and oxygen atoms in total. The first kappa shape index (κ1) is 18.2. The van der Waals surface area contributed by atoms with E-state index in [1.165, 1.54) is 6.92 Å². The summed E-state index contributed by atoms with van der Waals surface area (Å²) >= 11 is 0. The summed E-state index contributed by atoms with van der Waals surface area (Å²) in [4.78, 5) is 29.4. The maximum atomic E-state index is 13.6. The van der Waals surface area contributed by atoms with E-state index >= 15 is 0 Å². The summed E-state index contributed by atoms with van der Waals surface area (Å²) in [7, 11) is 0. The van der Waals surface area contributed by atoms with Crippen molar-refractivity contribution in [2.45, 2.75) is 53.1 Å². The Labute approximate surface area is 155 Å². The second kappa shape index (κ2) is 6.94. The highest BCUT2D eigenvalue weighted by molar-refractivity contribution is 6.08. The molecule has 0 saturated heterocycles. The molecule has 0 unspecified atom stereocenters. The van der Waals surface area contributed by atoms with Crippen molar-refractivity contribution in [3.05, 3.63) is 59.2 Å². The van der Waals surface area contributed by atoms with Crippen LogP contribution in [-0.4, -0.2) is 23.9 Å². The number of para-hydroxylation sites is 1. The van der Waals surface area contributed by atoms with Gasteiger partial charge in [0.1, 0.15) is 6.04 Å². The van der Waals surface area contributed by atoms with E-state index in [9.17, 15) is 9.59 Å². The first-order valence-electron chi connectivity index (χ1n) is 9.09. The number of aryl methyl sites for hydroxylation is 2. The monoisotopic (exact) mass is 350 g/mol. The lowest BCUT2D eigenvalue weighted by Gasteiger charge is -2.34. The molecule has 0 N–H and O–H groups in total. The maximum Gasteiger partial charge on any atom is 0.250 e. The summed E-state index contributed by atoms with van der Waals surface area (Å²) in [5, 5.41) is 0. The quantitative estimate of drug-likeness (QED) is 0.839. The van der Waals surface area contributed by atoms with Gasteiger partial charge in [0.2, 0.25) is 5.91 Å². The molecule has 4 heteroatoms. The highest BCUT2D eigenvalue weighted by Crippen LogP contribution is 2.34. The van der Waals surface area contributed by atoms with Gasteiger partial charge in [-0.15, -0.1) is 0 Å². The number of amides is 2. The Balaban J connectivity index is 2.03. The van der Waals surface area contributed by atoms with Crippen LogP contribution in [0.15, 0.2) is 42.5 Å². The minimum atomic E-state index is -0.493. The van der Waals surface area contributed by atoms with Gasteiger partial charge in [0, 0.05) is 30.8 Å². The molecule has 0 bridgehead atoms. The fourth-order valence-corrected chi connectivity index (χ4v) is 3.76. The average molecular weight is 350 g/mol. The number of hydrogen-bond acceptors (Lipinski definition) is 2. The van der Waals surface area contributed by atoms with Crippen molar-refractivity contribution in [2.75, 3.05) is 9.80 Å². The number of hydrogen-bond donors (Lipinski definition) is 0. The van der Waals surface area contributed by atoms with Crippen LogP contribution in [0.3, 0.4) is 0 Å². The molecule has 1 aliphatic rings. The number of rotatable bonds is 3. The highest BCUT2D eigenvalue weighted by Gasteiger charge is 2.40. The van der Waals surface area contributed by atoms with Gasteiger partial charge in [-0.3, -0.25) is 14.5 Å². The minimum absolute atomic E-state index is 0.000482. The predicted molar refractivity (Wildman–Crippen MR) is 106 cm³/mol. The first-order valence-corrected chi connectivity index (χ1v) is 9.09. The summed E-state index contributed by atoms with van der Waals surface area (Å²) < 4.78 is 0. The molecule has 0 aliphatic carbocycles. The van der Waals surface area contributed by atoms with Crippen LogP contribution in [0.1, 0.15) is 37.5 Å². The lowest BCUT2D eigenvalue weighted by molar-refractivity contribution is -0.124. The number of fused-ring (bicyclic) bond motifs is 1. The normalized spacial score (nSPS) is 15.9. The van der Waals surface area contributed by atoms with Crippen molar-refractivity contribution >= 4 is 23.2 Å². The number of nitrogens with zero attached hydrogens (tertiary/aromatic N) is 2. The van der Waals surface area contributed by atoms with Gasteiger partial charge in [0.05, 0.1) is 0 Å². The largest absolute Gasteiger partial charge is 0.308 e. The van der Waals surface area contributed by atoms with Gasteiger partial charge < -0.3 is 4.90 Å². The maximum absolute atomic E-state index is 13.6. The van der Waals surface area contributed by atoms with E-state index in [2.05, 4.69) is 6.07 Å². The summed E-state index contributed by atoms with van der Waals surface area (Å²) in [6.07, 6.45) is 0.558. The van der Waals surface area contributed by atoms with Crippen LogP contribution in [0.4, 0.5) is 11.4 Å². The summed E-state index contributed by atoms with van der Waals surface area (Å²) in [5.74, 6) is -0.127. The molecule has 136 valence electrons. The number of carbonyl (C=O) groups excluding carboxylic acids is 2. The van der Waals surface area contributed by atoms with Crippen LogP contribution in [0, 0.1) is 13.8 Å². The van der Waals surface area contributed by atoms with Gasteiger partial charge in [-0.05, 0) is 56.5 Å². The Bertz CT molecular complexity index is 857. The van der Waals surface area contributed by atoms with E-state index < -0.39 is 6.04 Å². The van der Waals surface area contributed by atoms with Gasteiger partial charge in [-0.2, -0.15) is 0 Å². The van der Waals surface area contributed by atoms with Crippen LogP contribution < -0.4 is 9.80 Å². The molecule has 2 amide bonds. The fraction of sp³-hybridized carbons (Fsp3) is 0.364. The van der Waals surface area contributed by atoms with Crippen molar-refractivity contribution in [1.82, 2.24) is 0 Å². The second-order valence-corrected chi connectivity index (χ2v) is 7.33. The Morgan fingerprint density at radius 1 is 1.12 bits per heavy atom. The summed E-state index contributed by atoms with van der Waals surface area (Å²) in [6.45, 7) is 9.60. The second-order valence-electron chi connectivity index (χ2n) is 7.33. The van der Waals surface area contributed by atoms with Crippen molar-refractivity contribution < 1.29 is 9.59 Å². The van der Waals surface area contributed by atoms with Gasteiger partial charge in [-0.1, -0.05) is 30.3 Å². The number of carbonyl (C=O) groups is 2. The van der Waals surface area contributed by atoms with Crippen molar-refractivity contribution in [1.29, 1.82) is 0 Å². The fourth-order valence-electron chi connectivity index (χ4n) is 3.76. The van der Waals surface area contributed by atoms with Crippen LogP contribution in [0.2, 0.25) is 0 Å². The zero-order chi connectivity index (χ0) is 19.0. The van der Waals surface area contributed by atoms with Gasteiger partial charge >= 0.3 is 0 Å². The molecule has 0 aromatic heterocycles. The number of benzene rings is 2. The topological polar surface area (TPSA) is 40.6 Å². The van der Waals surface area contributed by atoms with Crippen molar-refractivity contribution in [2.24, 2.45) is 0 Å². The molecule has 0 spiro atoms. The lowest BCUT2D eigenvalue weighted by Crippen LogP contribution is -2.51. The zero-order valence-corrected chi connectivity index (χ0v) is 16.1. The number of anilines is 2. The van der Waals surface area contributed by atoms with E-state index in [0.29, 0.717) is 6.42 Å². The molecule has 1 heterocycles. The van der Waals surface area contributed by atoms with E-state index in [1.54, 1.807) is 4.90 Å². The molecule has 1 aliphatic heterocycles. The Hall–Kier alpha value is -2.62. The van der Waals surface area contributed by atoms with Crippen LogP contribution >= 0.6 is 0 Å². The van der Waals surface area contributed by atoms with Gasteiger partial charge in [0.15, 0.2) is 0 Å². The lowest BCUT2D eigenvalue weighted by atomic mass is 10.0. The van der Waals surface area contributed by atoms with Gasteiger partial charge in [-0.25, -0.2) is 0 Å². The average Bonchev–Trinajstić information content (AvgIpc) is 2.97. The van der Waals surface area contributed by atoms with E-state index in [4.69, 9.17) is 0 Å². The first-order chi connectivity index (χ1) is 12.3. The third-order valence-corrected chi connectivity index (χ3v) is 4.98. The molecular formula is C22H26N2O2. The van der Waals surface area contributed by atoms with E-state index in [1.807, 2.05) is 69.0 Å². The molecule has 2 aromatic rings. The molecule has 1 atom stereocenters. The third kappa shape index (κ3) is 3.12. The highest BCUT2D eigenvalue weighted by atomic mass is 16.2. The van der Waals surface area contributed by atoms with E-state index in [-0.39, 0.29) is 17.9 Å². The Morgan fingerprint density at radius 3 is 2.46 bits per heavy atom. The standard InChI is InChI=1S/C22H26N2O2/c1-14(2)23(20-12-15(3)10-11-16(20)4)22(26)21-13-18-8-6-7-9-19(18)24(21)17(5)25/h6-12,14,21H,13H2,1-5H3/t21-/m0/s1. The molecule has 3 rings (SSSR count). The smallest absolute Gasteiger partial charge is 0.250 e. The molecule has 26 heavy (non-hydrogen) atoms. The predicted octanol–water partition coefficient (Wildman–Crippen LogP) is 4.02. The SMILES string of the molecule is CC(=O)N1c2ccccc2C[C@H]1C(=O)N(c1cc(C)ccc1C)C(C)C. The van der Waals surface area contributed by atoms with Crippen molar-refractivity contribution in [3.63, 3.8) is 0 Å². The summed E-state index contributed by atoms with van der Waals surface area (Å²) in [6, 6.07) is 13.4. The van der Waals surface area contributed by atoms with Crippen molar-refractivity contribution in [3.8, 4) is 0 Å². The van der Waals surface area contributed by atoms with Crippen LogP contribution in [0.25, 0.3) is 0 Å². The Morgan fingerprint density at radius 2 is 1.81 bits per heavy atom. The molecular weight excluding hydrogens is 324 g/mol.